The summed E-state index contributed by atoms with van der Waals surface area (Å²) >= 11 is 1.35. The van der Waals surface area contributed by atoms with Gasteiger partial charge in [-0.3, -0.25) is 4.79 Å². The summed E-state index contributed by atoms with van der Waals surface area (Å²) in [4.78, 5) is 17.5. The predicted molar refractivity (Wildman–Crippen MR) is 78.5 cm³/mol. The zero-order valence-corrected chi connectivity index (χ0v) is 12.1. The van der Waals surface area contributed by atoms with Crippen molar-refractivity contribution in [2.24, 2.45) is 0 Å². The third-order valence-corrected chi connectivity index (χ3v) is 3.61. The molecule has 0 aliphatic carbocycles. The van der Waals surface area contributed by atoms with Crippen LogP contribution < -0.4 is 11.3 Å². The highest BCUT2D eigenvalue weighted by Crippen LogP contribution is 2.24. The van der Waals surface area contributed by atoms with Crippen molar-refractivity contribution in [1.29, 1.82) is 0 Å². The lowest BCUT2D eigenvalue weighted by Gasteiger charge is -2.22. The van der Waals surface area contributed by atoms with E-state index in [-0.39, 0.29) is 11.1 Å². The van der Waals surface area contributed by atoms with Crippen LogP contribution in [0.4, 0.5) is 5.69 Å². The molecule has 1 aromatic heterocycles. The van der Waals surface area contributed by atoms with Gasteiger partial charge in [0.05, 0.1) is 0 Å². The van der Waals surface area contributed by atoms with E-state index in [4.69, 9.17) is 5.73 Å². The first-order chi connectivity index (χ1) is 8.88. The van der Waals surface area contributed by atoms with E-state index in [0.29, 0.717) is 10.7 Å². The third kappa shape index (κ3) is 3.17. The molecule has 1 heterocycles. The molecule has 19 heavy (non-hydrogen) atoms. The molecule has 1 aromatic carbocycles. The van der Waals surface area contributed by atoms with E-state index in [9.17, 15) is 4.79 Å². The monoisotopic (exact) mass is 275 g/mol. The van der Waals surface area contributed by atoms with Crippen molar-refractivity contribution in [3.05, 3.63) is 47.0 Å². The molecule has 0 aliphatic heterocycles. The summed E-state index contributed by atoms with van der Waals surface area (Å²) in [6.07, 6.45) is 3.38. The largest absolute Gasteiger partial charge is 0.399 e. The van der Waals surface area contributed by atoms with Crippen molar-refractivity contribution in [3.63, 3.8) is 0 Å². The Hall–Kier alpha value is -1.75. The first kappa shape index (κ1) is 13.7. The minimum absolute atomic E-state index is 0.0724. The van der Waals surface area contributed by atoms with Crippen molar-refractivity contribution < 1.29 is 0 Å². The molecular weight excluding hydrogens is 258 g/mol. The number of aromatic nitrogens is 2. The van der Waals surface area contributed by atoms with Gasteiger partial charge in [-0.15, -0.1) is 0 Å². The second kappa shape index (κ2) is 5.09. The topological polar surface area (TPSA) is 60.9 Å². The van der Waals surface area contributed by atoms with Crippen LogP contribution in [0.2, 0.25) is 0 Å². The summed E-state index contributed by atoms with van der Waals surface area (Å²) in [6.45, 7) is 5.98. The highest BCUT2D eigenvalue weighted by atomic mass is 32.2. The van der Waals surface area contributed by atoms with Crippen LogP contribution in [0.3, 0.4) is 0 Å². The SMILES string of the molecule is CC(C)(C)n1ccnc(Sc2ccc(N)cc2)c1=O. The number of rotatable bonds is 2. The van der Waals surface area contributed by atoms with Crippen molar-refractivity contribution in [2.45, 2.75) is 36.2 Å². The maximum Gasteiger partial charge on any atom is 0.283 e. The fraction of sp³-hybridized carbons (Fsp3) is 0.286. The molecule has 0 spiro atoms. The van der Waals surface area contributed by atoms with Gasteiger partial charge in [-0.1, -0.05) is 11.8 Å². The first-order valence-corrected chi connectivity index (χ1v) is 6.81. The minimum atomic E-state index is -0.254. The van der Waals surface area contributed by atoms with Crippen LogP contribution in [0.15, 0.2) is 51.4 Å². The van der Waals surface area contributed by atoms with E-state index >= 15 is 0 Å². The van der Waals surface area contributed by atoms with Gasteiger partial charge < -0.3 is 10.3 Å². The molecule has 0 fully saturated rings. The summed E-state index contributed by atoms with van der Waals surface area (Å²) in [5, 5.41) is 0.474. The molecule has 2 rings (SSSR count). The highest BCUT2D eigenvalue weighted by Gasteiger charge is 2.17. The molecule has 100 valence electrons. The van der Waals surface area contributed by atoms with E-state index in [1.165, 1.54) is 11.8 Å². The number of hydrogen-bond acceptors (Lipinski definition) is 4. The Morgan fingerprint density at radius 3 is 2.42 bits per heavy atom. The van der Waals surface area contributed by atoms with E-state index in [2.05, 4.69) is 4.98 Å². The molecule has 2 aromatic rings. The maximum absolute atomic E-state index is 12.3. The van der Waals surface area contributed by atoms with E-state index < -0.39 is 0 Å². The second-order valence-corrected chi connectivity index (χ2v) is 6.31. The van der Waals surface area contributed by atoms with Gasteiger partial charge in [-0.2, -0.15) is 0 Å². The number of anilines is 1. The summed E-state index contributed by atoms with van der Waals surface area (Å²) in [6, 6.07) is 7.40. The molecule has 0 aliphatic rings. The number of hydrogen-bond donors (Lipinski definition) is 1. The van der Waals surface area contributed by atoms with Crippen LogP contribution in [0.1, 0.15) is 20.8 Å². The van der Waals surface area contributed by atoms with Crippen molar-refractivity contribution in [3.8, 4) is 0 Å². The Bertz CT molecular complexity index is 626. The van der Waals surface area contributed by atoms with Gasteiger partial charge in [0.25, 0.3) is 5.56 Å². The number of nitrogen functional groups attached to an aromatic ring is 1. The number of nitrogens with zero attached hydrogens (tertiary/aromatic N) is 2. The lowest BCUT2D eigenvalue weighted by Crippen LogP contribution is -2.34. The lowest BCUT2D eigenvalue weighted by atomic mass is 10.1. The van der Waals surface area contributed by atoms with Crippen molar-refractivity contribution in [2.75, 3.05) is 5.73 Å². The molecule has 5 heteroatoms. The van der Waals surface area contributed by atoms with Gasteiger partial charge in [-0.05, 0) is 45.0 Å². The molecule has 0 amide bonds. The molecule has 0 radical (unpaired) electrons. The number of benzene rings is 1. The van der Waals surface area contributed by atoms with E-state index in [0.717, 1.165) is 4.90 Å². The van der Waals surface area contributed by atoms with Crippen LogP contribution in [0.25, 0.3) is 0 Å². The molecule has 4 nitrogen and oxygen atoms in total. The standard InChI is InChI=1S/C14H17N3OS/c1-14(2,3)17-9-8-16-12(13(17)18)19-11-6-4-10(15)5-7-11/h4-9H,15H2,1-3H3. The molecule has 0 saturated heterocycles. The Kier molecular flexibility index (Phi) is 3.66. The highest BCUT2D eigenvalue weighted by molar-refractivity contribution is 7.99. The van der Waals surface area contributed by atoms with Crippen LogP contribution in [-0.2, 0) is 5.54 Å². The van der Waals surface area contributed by atoms with Crippen LogP contribution in [0, 0.1) is 0 Å². The van der Waals surface area contributed by atoms with Crippen LogP contribution in [-0.4, -0.2) is 9.55 Å². The fourth-order valence-electron chi connectivity index (χ4n) is 1.64. The van der Waals surface area contributed by atoms with Gasteiger partial charge in [0.15, 0.2) is 5.03 Å². The fourth-order valence-corrected chi connectivity index (χ4v) is 2.43. The third-order valence-electron chi connectivity index (χ3n) is 2.63. The molecule has 0 unspecified atom stereocenters. The Morgan fingerprint density at radius 1 is 1.21 bits per heavy atom. The summed E-state index contributed by atoms with van der Waals surface area (Å²) in [7, 11) is 0. The smallest absolute Gasteiger partial charge is 0.283 e. The summed E-state index contributed by atoms with van der Waals surface area (Å²) in [5.41, 5.74) is 6.02. The molecule has 0 atom stereocenters. The van der Waals surface area contributed by atoms with Crippen LogP contribution >= 0.6 is 11.8 Å². The van der Waals surface area contributed by atoms with Gasteiger partial charge in [0, 0.05) is 28.5 Å². The average Bonchev–Trinajstić information content (AvgIpc) is 2.33. The van der Waals surface area contributed by atoms with Gasteiger partial charge >= 0.3 is 0 Å². The maximum atomic E-state index is 12.3. The molecule has 0 bridgehead atoms. The number of nitrogens with two attached hydrogens (primary N) is 1. The van der Waals surface area contributed by atoms with E-state index in [1.807, 2.05) is 45.0 Å². The quantitative estimate of drug-likeness (QED) is 0.856. The Labute approximate surface area is 116 Å². The van der Waals surface area contributed by atoms with E-state index in [1.54, 1.807) is 17.0 Å². The minimum Gasteiger partial charge on any atom is -0.399 e. The molecule has 2 N–H and O–H groups in total. The molecule has 0 saturated carbocycles. The second-order valence-electron chi connectivity index (χ2n) is 5.25. The van der Waals surface area contributed by atoms with Gasteiger partial charge in [0.1, 0.15) is 0 Å². The zero-order valence-electron chi connectivity index (χ0n) is 11.3. The lowest BCUT2D eigenvalue weighted by molar-refractivity contribution is 0.377. The van der Waals surface area contributed by atoms with Gasteiger partial charge in [0.2, 0.25) is 0 Å². The zero-order chi connectivity index (χ0) is 14.0. The average molecular weight is 275 g/mol. The Balaban J connectivity index is 2.37. The normalized spacial score (nSPS) is 11.5. The Morgan fingerprint density at radius 2 is 1.84 bits per heavy atom. The molecular formula is C14H17N3OS. The summed E-state index contributed by atoms with van der Waals surface area (Å²) in [5.74, 6) is 0. The van der Waals surface area contributed by atoms with Crippen molar-refractivity contribution in [1.82, 2.24) is 9.55 Å². The van der Waals surface area contributed by atoms with Gasteiger partial charge in [-0.25, -0.2) is 4.98 Å². The predicted octanol–water partition coefficient (Wildman–Crippen LogP) is 2.73. The van der Waals surface area contributed by atoms with Crippen LogP contribution in [0.5, 0.6) is 0 Å². The first-order valence-electron chi connectivity index (χ1n) is 5.99. The summed E-state index contributed by atoms with van der Waals surface area (Å²) < 4.78 is 1.69. The van der Waals surface area contributed by atoms with Crippen molar-refractivity contribution >= 4 is 17.4 Å².